The summed E-state index contributed by atoms with van der Waals surface area (Å²) < 4.78 is 5.55. The third-order valence-corrected chi connectivity index (χ3v) is 5.06. The minimum absolute atomic E-state index is 0.152. The molecule has 0 aliphatic carbocycles. The molecule has 1 aromatic rings. The van der Waals surface area contributed by atoms with Crippen molar-refractivity contribution in [3.8, 4) is 0 Å². The van der Waals surface area contributed by atoms with Crippen molar-refractivity contribution in [2.75, 3.05) is 19.6 Å². The molecule has 1 aromatic carbocycles. The van der Waals surface area contributed by atoms with Crippen molar-refractivity contribution in [2.45, 2.75) is 58.2 Å². The van der Waals surface area contributed by atoms with Gasteiger partial charge in [0.1, 0.15) is 5.60 Å². The molecule has 0 radical (unpaired) electrons. The summed E-state index contributed by atoms with van der Waals surface area (Å²) in [4.78, 5) is 16.9. The highest BCUT2D eigenvalue weighted by Crippen LogP contribution is 2.32. The summed E-state index contributed by atoms with van der Waals surface area (Å²) in [7, 11) is 0. The predicted molar refractivity (Wildman–Crippen MR) is 95.8 cm³/mol. The van der Waals surface area contributed by atoms with Crippen LogP contribution in [0.25, 0.3) is 0 Å². The smallest absolute Gasteiger partial charge is 0.410 e. The second-order valence-corrected chi connectivity index (χ2v) is 8.14. The lowest BCUT2D eigenvalue weighted by atomic mass is 9.83. The van der Waals surface area contributed by atoms with Gasteiger partial charge >= 0.3 is 6.09 Å². The fourth-order valence-corrected chi connectivity index (χ4v) is 4.01. The van der Waals surface area contributed by atoms with Gasteiger partial charge in [-0.3, -0.25) is 4.90 Å². The Morgan fingerprint density at radius 1 is 1.17 bits per heavy atom. The Hall–Kier alpha value is -1.55. The Balaban J connectivity index is 1.60. The van der Waals surface area contributed by atoms with Crippen LogP contribution in [0.3, 0.4) is 0 Å². The van der Waals surface area contributed by atoms with E-state index in [0.29, 0.717) is 12.0 Å². The lowest BCUT2D eigenvalue weighted by Crippen LogP contribution is -2.55. The fraction of sp³-hybridized carbons (Fsp3) is 0.650. The van der Waals surface area contributed by atoms with Gasteiger partial charge in [-0.15, -0.1) is 0 Å². The maximum atomic E-state index is 12.4. The molecule has 2 aliphatic rings. The summed E-state index contributed by atoms with van der Waals surface area (Å²) >= 11 is 0. The molecule has 4 nitrogen and oxygen atoms in total. The van der Waals surface area contributed by atoms with Crippen LogP contribution in [0.15, 0.2) is 30.3 Å². The van der Waals surface area contributed by atoms with Crippen LogP contribution < -0.4 is 0 Å². The highest BCUT2D eigenvalue weighted by atomic mass is 16.6. The molecule has 0 aromatic heterocycles. The van der Waals surface area contributed by atoms with Gasteiger partial charge in [0.25, 0.3) is 0 Å². The molecule has 1 amide bonds. The second-order valence-electron chi connectivity index (χ2n) is 8.14. The molecule has 4 heteroatoms. The van der Waals surface area contributed by atoms with Gasteiger partial charge < -0.3 is 9.64 Å². The van der Waals surface area contributed by atoms with Crippen LogP contribution in [-0.4, -0.2) is 47.2 Å². The van der Waals surface area contributed by atoms with E-state index in [9.17, 15) is 4.79 Å². The van der Waals surface area contributed by atoms with Gasteiger partial charge in [0, 0.05) is 25.7 Å². The number of hydrogen-bond acceptors (Lipinski definition) is 3. The minimum Gasteiger partial charge on any atom is -0.444 e. The van der Waals surface area contributed by atoms with E-state index in [1.54, 1.807) is 0 Å². The van der Waals surface area contributed by atoms with Crippen LogP contribution in [0.2, 0.25) is 0 Å². The van der Waals surface area contributed by atoms with Crippen LogP contribution >= 0.6 is 0 Å². The normalized spacial score (nSPS) is 25.2. The van der Waals surface area contributed by atoms with E-state index >= 15 is 0 Å². The van der Waals surface area contributed by atoms with E-state index in [4.69, 9.17) is 4.74 Å². The number of likely N-dealkylation sites (tertiary alicyclic amines) is 2. The third kappa shape index (κ3) is 4.29. The number of carbonyl (C=O) groups is 1. The van der Waals surface area contributed by atoms with Gasteiger partial charge in [-0.2, -0.15) is 0 Å². The van der Waals surface area contributed by atoms with Crippen molar-refractivity contribution in [1.82, 2.24) is 9.80 Å². The second kappa shape index (κ2) is 7.14. The molecule has 2 unspecified atom stereocenters. The number of nitrogens with zero attached hydrogens (tertiary/aromatic N) is 2. The monoisotopic (exact) mass is 330 g/mol. The van der Waals surface area contributed by atoms with E-state index in [-0.39, 0.29) is 6.09 Å². The molecule has 0 bridgehead atoms. The van der Waals surface area contributed by atoms with Crippen molar-refractivity contribution < 1.29 is 9.53 Å². The zero-order chi connectivity index (χ0) is 17.2. The van der Waals surface area contributed by atoms with E-state index in [1.165, 1.54) is 24.9 Å². The number of ether oxygens (including phenoxy) is 1. The van der Waals surface area contributed by atoms with Crippen molar-refractivity contribution >= 4 is 6.09 Å². The van der Waals surface area contributed by atoms with Gasteiger partial charge in [-0.1, -0.05) is 30.3 Å². The molecule has 0 saturated carbocycles. The Labute approximate surface area is 145 Å². The third-order valence-electron chi connectivity index (χ3n) is 5.06. The first-order chi connectivity index (χ1) is 11.4. The topological polar surface area (TPSA) is 32.8 Å². The molecule has 24 heavy (non-hydrogen) atoms. The van der Waals surface area contributed by atoms with Crippen molar-refractivity contribution in [3.63, 3.8) is 0 Å². The summed E-state index contributed by atoms with van der Waals surface area (Å²) in [6, 6.07) is 11.3. The van der Waals surface area contributed by atoms with Crippen LogP contribution in [0.5, 0.6) is 0 Å². The molecule has 2 aliphatic heterocycles. The Morgan fingerprint density at radius 3 is 2.62 bits per heavy atom. The SMILES string of the molecule is CC(C)(C)OC(=O)N1CCC2C(CCCN2Cc2ccccc2)C1. The van der Waals surface area contributed by atoms with Gasteiger partial charge in [-0.05, 0) is 58.1 Å². The molecule has 3 rings (SSSR count). The number of piperidine rings is 2. The molecule has 2 fully saturated rings. The van der Waals surface area contributed by atoms with E-state index in [0.717, 1.165) is 26.1 Å². The Bertz CT molecular complexity index is 553. The summed E-state index contributed by atoms with van der Waals surface area (Å²) in [5.74, 6) is 0.573. The van der Waals surface area contributed by atoms with Crippen molar-refractivity contribution in [1.29, 1.82) is 0 Å². The highest BCUT2D eigenvalue weighted by molar-refractivity contribution is 5.68. The Morgan fingerprint density at radius 2 is 1.92 bits per heavy atom. The lowest BCUT2D eigenvalue weighted by molar-refractivity contribution is -0.0112. The average Bonchev–Trinajstić information content (AvgIpc) is 2.54. The van der Waals surface area contributed by atoms with Crippen LogP contribution in [0.4, 0.5) is 4.79 Å². The van der Waals surface area contributed by atoms with E-state index in [2.05, 4.69) is 35.2 Å². The molecule has 2 atom stereocenters. The van der Waals surface area contributed by atoms with Crippen LogP contribution in [0, 0.1) is 5.92 Å². The zero-order valence-corrected chi connectivity index (χ0v) is 15.2. The number of carbonyl (C=O) groups excluding carboxylic acids is 1. The van der Waals surface area contributed by atoms with Gasteiger partial charge in [0.05, 0.1) is 0 Å². The minimum atomic E-state index is -0.417. The summed E-state index contributed by atoms with van der Waals surface area (Å²) in [5.41, 5.74) is 0.965. The van der Waals surface area contributed by atoms with Crippen molar-refractivity contribution in [2.24, 2.45) is 5.92 Å². The van der Waals surface area contributed by atoms with Crippen molar-refractivity contribution in [3.05, 3.63) is 35.9 Å². The summed E-state index contributed by atoms with van der Waals surface area (Å²) in [5, 5.41) is 0. The molecule has 0 N–H and O–H groups in total. The first kappa shape index (κ1) is 17.3. The number of rotatable bonds is 2. The molecule has 0 spiro atoms. The first-order valence-electron chi connectivity index (χ1n) is 9.18. The molecular weight excluding hydrogens is 300 g/mol. The maximum Gasteiger partial charge on any atom is 0.410 e. The zero-order valence-electron chi connectivity index (χ0n) is 15.2. The largest absolute Gasteiger partial charge is 0.444 e. The summed E-state index contributed by atoms with van der Waals surface area (Å²) in [6.45, 7) is 9.63. The number of hydrogen-bond donors (Lipinski definition) is 0. The number of benzene rings is 1. The van der Waals surface area contributed by atoms with Gasteiger partial charge in [0.2, 0.25) is 0 Å². The van der Waals surface area contributed by atoms with E-state index in [1.807, 2.05) is 25.7 Å². The van der Waals surface area contributed by atoms with Crippen LogP contribution in [0.1, 0.15) is 45.6 Å². The lowest BCUT2D eigenvalue weighted by Gasteiger charge is -2.47. The standard InChI is InChI=1S/C20H30N2O2/c1-20(2,3)24-19(23)22-13-11-18-17(15-22)10-7-12-21(18)14-16-8-5-4-6-9-16/h4-6,8-9,17-18H,7,10-15H2,1-3H3. The average molecular weight is 330 g/mol. The first-order valence-corrected chi connectivity index (χ1v) is 9.18. The fourth-order valence-electron chi connectivity index (χ4n) is 4.01. The van der Waals surface area contributed by atoms with Crippen LogP contribution in [-0.2, 0) is 11.3 Å². The molecule has 132 valence electrons. The van der Waals surface area contributed by atoms with Gasteiger partial charge in [-0.25, -0.2) is 4.79 Å². The Kier molecular flexibility index (Phi) is 5.14. The van der Waals surface area contributed by atoms with Gasteiger partial charge in [0.15, 0.2) is 0 Å². The highest BCUT2D eigenvalue weighted by Gasteiger charge is 2.38. The summed E-state index contributed by atoms with van der Waals surface area (Å²) in [6.07, 6.45) is 3.34. The quantitative estimate of drug-likeness (QED) is 0.824. The number of amides is 1. The molecule has 2 saturated heterocycles. The molecular formula is C20H30N2O2. The molecule has 2 heterocycles. The predicted octanol–water partition coefficient (Wildman–Crippen LogP) is 3.91. The number of fused-ring (bicyclic) bond motifs is 1. The maximum absolute atomic E-state index is 12.4. The van der Waals surface area contributed by atoms with E-state index < -0.39 is 5.60 Å².